The highest BCUT2D eigenvalue weighted by molar-refractivity contribution is 7.12. The van der Waals surface area contributed by atoms with E-state index in [4.69, 9.17) is 0 Å². The average Bonchev–Trinajstić information content (AvgIpc) is 3.12. The summed E-state index contributed by atoms with van der Waals surface area (Å²) in [6, 6.07) is 7.70. The minimum absolute atomic E-state index is 0.0569. The molecule has 2 aromatic heterocycles. The minimum atomic E-state index is -0.968. The largest absolute Gasteiger partial charge is 0.378 e. The predicted octanol–water partition coefficient (Wildman–Crippen LogP) is 2.91. The van der Waals surface area contributed by atoms with E-state index in [1.807, 2.05) is 6.07 Å². The molecular formula is C22H27N3O2S. The fourth-order valence-corrected chi connectivity index (χ4v) is 4.17. The monoisotopic (exact) mass is 397 g/mol. The summed E-state index contributed by atoms with van der Waals surface area (Å²) in [5.74, 6) is 6.31. The van der Waals surface area contributed by atoms with E-state index < -0.39 is 5.60 Å². The Kier molecular flexibility index (Phi) is 6.84. The maximum atomic E-state index is 12.2. The lowest BCUT2D eigenvalue weighted by molar-refractivity contribution is 0.0930. The molecule has 148 valence electrons. The van der Waals surface area contributed by atoms with Crippen LogP contribution in [0.25, 0.3) is 0 Å². The van der Waals surface area contributed by atoms with Gasteiger partial charge in [0, 0.05) is 36.9 Å². The number of pyridine rings is 1. The van der Waals surface area contributed by atoms with Gasteiger partial charge in [0.2, 0.25) is 0 Å². The van der Waals surface area contributed by atoms with Gasteiger partial charge < -0.3 is 10.4 Å². The number of piperidine rings is 1. The van der Waals surface area contributed by atoms with E-state index in [1.165, 1.54) is 4.88 Å². The summed E-state index contributed by atoms with van der Waals surface area (Å²) in [4.78, 5) is 20.9. The van der Waals surface area contributed by atoms with Crippen molar-refractivity contribution in [2.24, 2.45) is 5.92 Å². The summed E-state index contributed by atoms with van der Waals surface area (Å²) in [5.41, 5.74) is -0.363. The molecular weight excluding hydrogens is 370 g/mol. The van der Waals surface area contributed by atoms with E-state index in [0.717, 1.165) is 37.4 Å². The number of amides is 1. The highest BCUT2D eigenvalue weighted by Crippen LogP contribution is 2.22. The van der Waals surface area contributed by atoms with Crippen molar-refractivity contribution in [2.45, 2.75) is 38.8 Å². The zero-order valence-electron chi connectivity index (χ0n) is 16.4. The maximum Gasteiger partial charge on any atom is 0.252 e. The number of hydrogen-bond acceptors (Lipinski definition) is 5. The summed E-state index contributed by atoms with van der Waals surface area (Å²) in [6.45, 7) is 7.04. The topological polar surface area (TPSA) is 65.5 Å². The van der Waals surface area contributed by atoms with Crippen LogP contribution in [0.3, 0.4) is 0 Å². The fourth-order valence-electron chi connectivity index (χ4n) is 3.26. The Morgan fingerprint density at radius 3 is 3.04 bits per heavy atom. The summed E-state index contributed by atoms with van der Waals surface area (Å²) in [6.07, 6.45) is 5.54. The van der Waals surface area contributed by atoms with E-state index in [0.29, 0.717) is 18.0 Å². The second-order valence-corrected chi connectivity index (χ2v) is 8.94. The number of likely N-dealkylation sites (tertiary alicyclic amines) is 1. The molecule has 3 rings (SSSR count). The molecule has 1 amide bonds. The van der Waals surface area contributed by atoms with Crippen LogP contribution < -0.4 is 5.32 Å². The first-order valence-corrected chi connectivity index (χ1v) is 10.5. The van der Waals surface area contributed by atoms with Gasteiger partial charge >= 0.3 is 0 Å². The van der Waals surface area contributed by atoms with E-state index >= 15 is 0 Å². The van der Waals surface area contributed by atoms with Crippen molar-refractivity contribution in [1.29, 1.82) is 0 Å². The number of rotatable bonds is 5. The first-order chi connectivity index (χ1) is 13.4. The first-order valence-electron chi connectivity index (χ1n) is 9.64. The average molecular weight is 398 g/mol. The van der Waals surface area contributed by atoms with E-state index in [9.17, 15) is 9.90 Å². The lowest BCUT2D eigenvalue weighted by Crippen LogP contribution is -2.40. The van der Waals surface area contributed by atoms with E-state index in [-0.39, 0.29) is 5.91 Å². The Morgan fingerprint density at radius 1 is 1.43 bits per heavy atom. The van der Waals surface area contributed by atoms with Crippen LogP contribution in [0.15, 0.2) is 36.7 Å². The maximum absolute atomic E-state index is 12.2. The minimum Gasteiger partial charge on any atom is -0.378 e. The number of carbonyl (C=O) groups excluding carboxylic acids is 1. The van der Waals surface area contributed by atoms with Gasteiger partial charge in [0.1, 0.15) is 5.60 Å². The number of nitrogens with one attached hydrogen (secondary N) is 1. The third kappa shape index (κ3) is 6.45. The van der Waals surface area contributed by atoms with Crippen LogP contribution in [0, 0.1) is 17.8 Å². The molecule has 28 heavy (non-hydrogen) atoms. The molecule has 2 aromatic rings. The fraction of sp³-hybridized carbons (Fsp3) is 0.455. The first kappa shape index (κ1) is 20.5. The van der Waals surface area contributed by atoms with Crippen LogP contribution in [-0.2, 0) is 6.54 Å². The lowest BCUT2D eigenvalue weighted by Gasteiger charge is -2.32. The van der Waals surface area contributed by atoms with Crippen LogP contribution in [0.5, 0.6) is 0 Å². The van der Waals surface area contributed by atoms with Crippen molar-refractivity contribution in [3.63, 3.8) is 0 Å². The number of hydrogen-bond donors (Lipinski definition) is 2. The Labute approximate surface area is 170 Å². The molecule has 3 heterocycles. The Hall–Kier alpha value is -2.20. The highest BCUT2D eigenvalue weighted by Gasteiger charge is 2.21. The normalized spacial score (nSPS) is 17.6. The number of aliphatic hydroxyl groups is 1. The third-order valence-electron chi connectivity index (χ3n) is 4.61. The molecule has 0 aromatic carbocycles. The zero-order chi connectivity index (χ0) is 20.0. The molecule has 0 aliphatic carbocycles. The van der Waals surface area contributed by atoms with Crippen molar-refractivity contribution in [1.82, 2.24) is 15.2 Å². The molecule has 2 N–H and O–H groups in total. The molecule has 0 saturated carbocycles. The molecule has 1 atom stereocenters. The van der Waals surface area contributed by atoms with Crippen molar-refractivity contribution in [3.8, 4) is 11.8 Å². The second-order valence-electron chi connectivity index (χ2n) is 7.77. The molecule has 0 spiro atoms. The molecule has 1 fully saturated rings. The second kappa shape index (κ2) is 9.33. The number of thiophene rings is 1. The van der Waals surface area contributed by atoms with Gasteiger partial charge in [-0.15, -0.1) is 11.3 Å². The zero-order valence-corrected chi connectivity index (χ0v) is 17.3. The summed E-state index contributed by atoms with van der Waals surface area (Å²) in [7, 11) is 0. The van der Waals surface area contributed by atoms with Gasteiger partial charge in [-0.1, -0.05) is 11.8 Å². The van der Waals surface area contributed by atoms with Gasteiger partial charge in [-0.25, -0.2) is 0 Å². The molecule has 1 aliphatic rings. The smallest absolute Gasteiger partial charge is 0.252 e. The van der Waals surface area contributed by atoms with Gasteiger partial charge in [0.25, 0.3) is 5.91 Å². The summed E-state index contributed by atoms with van der Waals surface area (Å²) >= 11 is 1.68. The highest BCUT2D eigenvalue weighted by atomic mass is 32.1. The SMILES string of the molecule is CC(C)(O)C#Cc1ccc(CN2CCC[C@@H](CNC(=O)c3cccnc3)C2)s1. The molecule has 0 bridgehead atoms. The van der Waals surface area contributed by atoms with Gasteiger partial charge in [-0.05, 0) is 63.4 Å². The van der Waals surface area contributed by atoms with Crippen molar-refractivity contribution in [3.05, 3.63) is 52.0 Å². The van der Waals surface area contributed by atoms with Crippen molar-refractivity contribution < 1.29 is 9.90 Å². The molecule has 5 nitrogen and oxygen atoms in total. The van der Waals surface area contributed by atoms with Gasteiger partial charge in [0.15, 0.2) is 0 Å². The number of aromatic nitrogens is 1. The molecule has 0 unspecified atom stereocenters. The predicted molar refractivity (Wildman–Crippen MR) is 112 cm³/mol. The summed E-state index contributed by atoms with van der Waals surface area (Å²) < 4.78 is 0. The lowest BCUT2D eigenvalue weighted by atomic mass is 9.98. The molecule has 1 saturated heterocycles. The number of nitrogens with zero attached hydrogens (tertiary/aromatic N) is 2. The molecule has 0 radical (unpaired) electrons. The van der Waals surface area contributed by atoms with Crippen LogP contribution in [0.1, 0.15) is 46.8 Å². The van der Waals surface area contributed by atoms with Gasteiger partial charge in [-0.2, -0.15) is 0 Å². The van der Waals surface area contributed by atoms with E-state index in [2.05, 4.69) is 33.1 Å². The number of carbonyl (C=O) groups is 1. The Morgan fingerprint density at radius 2 is 2.29 bits per heavy atom. The summed E-state index contributed by atoms with van der Waals surface area (Å²) in [5, 5.41) is 12.8. The third-order valence-corrected chi connectivity index (χ3v) is 5.60. The van der Waals surface area contributed by atoms with Crippen LogP contribution in [0.2, 0.25) is 0 Å². The van der Waals surface area contributed by atoms with Gasteiger partial charge in [-0.3, -0.25) is 14.7 Å². The van der Waals surface area contributed by atoms with Crippen LogP contribution in [0.4, 0.5) is 0 Å². The van der Waals surface area contributed by atoms with Gasteiger partial charge in [0.05, 0.1) is 10.4 Å². The van der Waals surface area contributed by atoms with Crippen molar-refractivity contribution >= 4 is 17.2 Å². The quantitative estimate of drug-likeness (QED) is 0.762. The molecule has 1 aliphatic heterocycles. The Bertz CT molecular complexity index is 846. The Balaban J connectivity index is 1.49. The van der Waals surface area contributed by atoms with Crippen LogP contribution >= 0.6 is 11.3 Å². The van der Waals surface area contributed by atoms with Crippen molar-refractivity contribution in [2.75, 3.05) is 19.6 Å². The van der Waals surface area contributed by atoms with Crippen LogP contribution in [-0.4, -0.2) is 46.1 Å². The molecule has 6 heteroatoms. The standard InChI is InChI=1S/C22H27N3O2S/c1-22(2,27)10-9-19-7-8-20(28-19)16-25-12-4-5-17(15-25)13-24-21(26)18-6-3-11-23-14-18/h3,6-8,11,14,17,27H,4-5,12-13,15-16H2,1-2H3,(H,24,26)/t17-/m0/s1. The van der Waals surface area contributed by atoms with E-state index in [1.54, 1.807) is 49.7 Å².